The topological polar surface area (TPSA) is 130 Å². The van der Waals surface area contributed by atoms with Gasteiger partial charge in [0.1, 0.15) is 16.5 Å². The van der Waals surface area contributed by atoms with Gasteiger partial charge in [-0.05, 0) is 34.1 Å². The van der Waals surface area contributed by atoms with Gasteiger partial charge in [-0.3, -0.25) is 4.57 Å². The van der Waals surface area contributed by atoms with Gasteiger partial charge in [-0.15, -0.1) is 0 Å². The van der Waals surface area contributed by atoms with Crippen molar-refractivity contribution in [3.8, 4) is 0 Å². The molecular weight excluding hydrogens is 434 g/mol. The van der Waals surface area contributed by atoms with Crippen molar-refractivity contribution >= 4 is 21.7 Å². The summed E-state index contributed by atoms with van der Waals surface area (Å²) >= 11 is 3.16. The van der Waals surface area contributed by atoms with Crippen LogP contribution in [-0.2, 0) is 4.74 Å². The van der Waals surface area contributed by atoms with Gasteiger partial charge in [0.25, 0.3) is 0 Å². The van der Waals surface area contributed by atoms with Crippen LogP contribution in [0.2, 0.25) is 0 Å². The fourth-order valence-electron chi connectivity index (χ4n) is 2.58. The zero-order valence-electron chi connectivity index (χ0n) is 13.5. The Bertz CT molecular complexity index is 883. The first-order valence-electron chi connectivity index (χ1n) is 7.72. The molecule has 0 aromatic carbocycles. The number of alkyl halides is 2. The van der Waals surface area contributed by atoms with Crippen LogP contribution in [0.1, 0.15) is 18.1 Å². The van der Waals surface area contributed by atoms with Crippen molar-refractivity contribution in [1.29, 1.82) is 0 Å². The summed E-state index contributed by atoms with van der Waals surface area (Å²) in [6.07, 6.45) is -6.21. The van der Waals surface area contributed by atoms with Gasteiger partial charge in [0.2, 0.25) is 6.23 Å². The molecule has 4 atom stereocenters. The van der Waals surface area contributed by atoms with Gasteiger partial charge in [-0.25, -0.2) is 9.78 Å². The fourth-order valence-corrected chi connectivity index (χ4v) is 2.94. The van der Waals surface area contributed by atoms with Crippen molar-refractivity contribution in [2.75, 3.05) is 11.9 Å². The number of hydrogen-bond acceptors (Lipinski definition) is 8. The van der Waals surface area contributed by atoms with E-state index in [1.165, 1.54) is 12.1 Å². The minimum absolute atomic E-state index is 0.0777. The fraction of sp³-hybridized carbons (Fsp3) is 0.400. The number of anilines is 1. The number of nitrogens with zero attached hydrogens (tertiary/aromatic N) is 3. The number of rotatable bonds is 5. The van der Waals surface area contributed by atoms with Gasteiger partial charge in [0.15, 0.2) is 12.3 Å². The van der Waals surface area contributed by atoms with E-state index in [0.717, 1.165) is 6.20 Å². The maximum atomic E-state index is 14.1. The lowest BCUT2D eigenvalue weighted by atomic mass is 10.1. The summed E-state index contributed by atoms with van der Waals surface area (Å²) in [6.45, 7) is -0.832. The molecule has 1 unspecified atom stereocenters. The van der Waals surface area contributed by atoms with Crippen LogP contribution in [0.4, 0.5) is 14.6 Å². The number of ether oxygens (including phenoxy) is 1. The second-order valence-electron chi connectivity index (χ2n) is 5.76. The van der Waals surface area contributed by atoms with Crippen LogP contribution in [-0.4, -0.2) is 54.6 Å². The van der Waals surface area contributed by atoms with Crippen LogP contribution >= 0.6 is 15.9 Å². The summed E-state index contributed by atoms with van der Waals surface area (Å²) in [4.78, 5) is 19.8. The van der Waals surface area contributed by atoms with E-state index in [4.69, 9.17) is 9.84 Å². The first-order valence-corrected chi connectivity index (χ1v) is 8.51. The zero-order valence-corrected chi connectivity index (χ0v) is 15.1. The third-order valence-electron chi connectivity index (χ3n) is 3.94. The average Bonchev–Trinajstić information content (AvgIpc) is 2.85. The third kappa shape index (κ3) is 3.84. The summed E-state index contributed by atoms with van der Waals surface area (Å²) < 4.78 is 34.2. The number of aliphatic hydroxyl groups is 3. The first-order chi connectivity index (χ1) is 12.7. The van der Waals surface area contributed by atoms with E-state index in [1.807, 2.05) is 0 Å². The number of nitrogens with one attached hydrogen (secondary N) is 1. The number of halogens is 3. The lowest BCUT2D eigenvalue weighted by Crippen LogP contribution is -2.41. The first kappa shape index (κ1) is 19.8. The molecule has 2 aromatic rings. The van der Waals surface area contributed by atoms with Gasteiger partial charge in [0, 0.05) is 6.20 Å². The Morgan fingerprint density at radius 3 is 2.70 bits per heavy atom. The van der Waals surface area contributed by atoms with E-state index in [9.17, 15) is 23.8 Å². The van der Waals surface area contributed by atoms with Crippen molar-refractivity contribution < 1.29 is 28.8 Å². The highest BCUT2D eigenvalue weighted by Crippen LogP contribution is 2.41. The van der Waals surface area contributed by atoms with Crippen molar-refractivity contribution in [2.45, 2.75) is 30.6 Å². The van der Waals surface area contributed by atoms with Crippen LogP contribution < -0.4 is 11.0 Å². The lowest BCUT2D eigenvalue weighted by Gasteiger charge is -2.21. The Morgan fingerprint density at radius 2 is 2.11 bits per heavy atom. The van der Waals surface area contributed by atoms with Crippen LogP contribution in [0.5, 0.6) is 0 Å². The smallest absolute Gasteiger partial charge is 0.351 e. The molecule has 27 heavy (non-hydrogen) atoms. The minimum atomic E-state index is -3.80. The van der Waals surface area contributed by atoms with Crippen LogP contribution in [0.3, 0.4) is 0 Å². The SMILES string of the molecule is O=c1nc(NC(O)c2cccc(Br)n2)ccn1[C@@H]1O[C@H](CO)[C@@H](O)C1(F)F. The molecule has 1 saturated heterocycles. The molecule has 1 aliphatic heterocycles. The molecule has 1 fully saturated rings. The summed E-state index contributed by atoms with van der Waals surface area (Å²) in [7, 11) is 0. The Kier molecular flexibility index (Phi) is 5.53. The Morgan fingerprint density at radius 1 is 1.37 bits per heavy atom. The molecule has 2 aromatic heterocycles. The maximum absolute atomic E-state index is 14.1. The summed E-state index contributed by atoms with van der Waals surface area (Å²) in [6, 6.07) is 6.02. The van der Waals surface area contributed by atoms with E-state index >= 15 is 0 Å². The summed E-state index contributed by atoms with van der Waals surface area (Å²) in [5, 5.41) is 31.2. The van der Waals surface area contributed by atoms with E-state index < -0.39 is 42.9 Å². The molecule has 3 heterocycles. The number of aliphatic hydroxyl groups excluding tert-OH is 3. The molecule has 0 saturated carbocycles. The highest BCUT2D eigenvalue weighted by molar-refractivity contribution is 9.10. The molecule has 9 nitrogen and oxygen atoms in total. The number of pyridine rings is 1. The van der Waals surface area contributed by atoms with E-state index in [2.05, 4.69) is 31.2 Å². The van der Waals surface area contributed by atoms with Crippen LogP contribution in [0.25, 0.3) is 0 Å². The van der Waals surface area contributed by atoms with E-state index in [0.29, 0.717) is 9.17 Å². The third-order valence-corrected chi connectivity index (χ3v) is 4.39. The minimum Gasteiger partial charge on any atom is -0.394 e. The molecule has 1 aliphatic rings. The van der Waals surface area contributed by atoms with Crippen LogP contribution in [0.15, 0.2) is 39.9 Å². The predicted molar refractivity (Wildman–Crippen MR) is 91.0 cm³/mol. The Balaban J connectivity index is 1.81. The molecule has 146 valence electrons. The molecule has 0 amide bonds. The molecule has 12 heteroatoms. The standard InChI is InChI=1S/C15H15BrF2N4O5/c16-9-3-1-2-7(19-9)12(25)20-10-4-5-22(14(26)21-10)13-15(17,18)11(24)8(6-23)27-13/h1-5,8,11-13,23-25H,6H2,(H,20,21,26)/t8-,11-,12?,13-/m1/s1. The highest BCUT2D eigenvalue weighted by atomic mass is 79.9. The number of hydrogen-bond donors (Lipinski definition) is 4. The molecule has 3 rings (SSSR count). The van der Waals surface area contributed by atoms with Crippen LogP contribution in [0, 0.1) is 0 Å². The lowest BCUT2D eigenvalue weighted by molar-refractivity contribution is -0.140. The second kappa shape index (κ2) is 7.56. The maximum Gasteiger partial charge on any atom is 0.351 e. The number of aromatic nitrogens is 3. The molecule has 4 N–H and O–H groups in total. The zero-order chi connectivity index (χ0) is 19.8. The van der Waals surface area contributed by atoms with Gasteiger partial charge < -0.3 is 25.4 Å². The second-order valence-corrected chi connectivity index (χ2v) is 6.58. The van der Waals surface area contributed by atoms with Crippen molar-refractivity contribution in [1.82, 2.24) is 14.5 Å². The van der Waals surface area contributed by atoms with Crippen molar-refractivity contribution in [2.24, 2.45) is 0 Å². The van der Waals surface area contributed by atoms with E-state index in [-0.39, 0.29) is 11.5 Å². The average molecular weight is 449 g/mol. The van der Waals surface area contributed by atoms with Gasteiger partial charge >= 0.3 is 11.6 Å². The summed E-state index contributed by atoms with van der Waals surface area (Å²) in [5.74, 6) is -3.88. The van der Waals surface area contributed by atoms with Crippen molar-refractivity contribution in [3.05, 3.63) is 51.2 Å². The highest BCUT2D eigenvalue weighted by Gasteiger charge is 2.59. The molecule has 0 bridgehead atoms. The molecular formula is C15H15BrF2N4O5. The Hall–Kier alpha value is -1.99. The normalized spacial score (nSPS) is 25.3. The molecule has 0 radical (unpaired) electrons. The van der Waals surface area contributed by atoms with Crippen molar-refractivity contribution in [3.63, 3.8) is 0 Å². The predicted octanol–water partition coefficient (Wildman–Crippen LogP) is 0.390. The van der Waals surface area contributed by atoms with Gasteiger partial charge in [0.05, 0.1) is 12.3 Å². The van der Waals surface area contributed by atoms with E-state index in [1.54, 1.807) is 12.1 Å². The Labute approximate surface area is 159 Å². The summed E-state index contributed by atoms with van der Waals surface area (Å²) in [5.41, 5.74) is -0.847. The molecule has 0 aliphatic carbocycles. The van der Waals surface area contributed by atoms with Gasteiger partial charge in [-0.1, -0.05) is 6.07 Å². The van der Waals surface area contributed by atoms with Gasteiger partial charge in [-0.2, -0.15) is 13.8 Å². The molecule has 0 spiro atoms. The largest absolute Gasteiger partial charge is 0.394 e. The monoisotopic (exact) mass is 448 g/mol. The quantitative estimate of drug-likeness (QED) is 0.381.